The Labute approximate surface area is 115 Å². The molecular formula is C15H23NO3. The van der Waals surface area contributed by atoms with E-state index in [2.05, 4.69) is 18.3 Å². The molecule has 0 radical (unpaired) electrons. The molecule has 1 aliphatic carbocycles. The maximum atomic E-state index is 5.63. The normalized spacial score (nSPS) is 14.4. The maximum Gasteiger partial charge on any atom is 0.188 e. The molecule has 1 aromatic rings. The van der Waals surface area contributed by atoms with Gasteiger partial charge < -0.3 is 19.5 Å². The molecule has 4 nitrogen and oxygen atoms in total. The molecule has 1 saturated carbocycles. The van der Waals surface area contributed by atoms with E-state index in [1.54, 1.807) is 7.11 Å². The average molecular weight is 265 g/mol. The third-order valence-corrected chi connectivity index (χ3v) is 3.00. The lowest BCUT2D eigenvalue weighted by atomic mass is 10.2. The summed E-state index contributed by atoms with van der Waals surface area (Å²) in [5.41, 5.74) is 1.15. The van der Waals surface area contributed by atoms with E-state index in [9.17, 15) is 0 Å². The summed E-state index contributed by atoms with van der Waals surface area (Å²) in [6.07, 6.45) is 3.57. The van der Waals surface area contributed by atoms with Crippen molar-refractivity contribution in [2.45, 2.75) is 38.8 Å². The summed E-state index contributed by atoms with van der Waals surface area (Å²) in [6, 6.07) is 6.69. The quantitative estimate of drug-likeness (QED) is 0.697. The Morgan fingerprint density at radius 2 is 2.11 bits per heavy atom. The first-order valence-electron chi connectivity index (χ1n) is 6.94. The van der Waals surface area contributed by atoms with Gasteiger partial charge in [-0.3, -0.25) is 0 Å². The second kappa shape index (κ2) is 7.36. The molecular weight excluding hydrogens is 242 g/mol. The summed E-state index contributed by atoms with van der Waals surface area (Å²) in [7, 11) is 1.62. The fraction of sp³-hybridized carbons (Fsp3) is 0.600. The number of ether oxygens (including phenoxy) is 3. The second-order valence-corrected chi connectivity index (χ2v) is 4.82. The number of benzene rings is 1. The van der Waals surface area contributed by atoms with Crippen molar-refractivity contribution in [1.29, 1.82) is 0 Å². The minimum Gasteiger partial charge on any atom is -0.493 e. The van der Waals surface area contributed by atoms with Crippen molar-refractivity contribution >= 4 is 0 Å². The zero-order valence-corrected chi connectivity index (χ0v) is 11.8. The highest BCUT2D eigenvalue weighted by atomic mass is 16.7. The van der Waals surface area contributed by atoms with Gasteiger partial charge in [-0.25, -0.2) is 0 Å². The van der Waals surface area contributed by atoms with Crippen molar-refractivity contribution in [3.63, 3.8) is 0 Å². The van der Waals surface area contributed by atoms with Gasteiger partial charge in [-0.1, -0.05) is 13.0 Å². The van der Waals surface area contributed by atoms with Crippen LogP contribution in [0.5, 0.6) is 11.5 Å². The number of nitrogens with one attached hydrogen (secondary N) is 1. The predicted octanol–water partition coefficient (Wildman–Crippen LogP) is 2.71. The van der Waals surface area contributed by atoms with E-state index < -0.39 is 0 Å². The molecule has 1 aromatic carbocycles. The Kier molecular flexibility index (Phi) is 5.48. The van der Waals surface area contributed by atoms with Crippen LogP contribution >= 0.6 is 0 Å². The average Bonchev–Trinajstić information content (AvgIpc) is 3.25. The van der Waals surface area contributed by atoms with E-state index in [4.69, 9.17) is 14.2 Å². The first kappa shape index (κ1) is 14.2. The first-order valence-corrected chi connectivity index (χ1v) is 6.94. The van der Waals surface area contributed by atoms with Crippen molar-refractivity contribution in [3.05, 3.63) is 23.8 Å². The van der Waals surface area contributed by atoms with E-state index in [-0.39, 0.29) is 6.79 Å². The minimum absolute atomic E-state index is 0.258. The topological polar surface area (TPSA) is 39.7 Å². The molecule has 2 rings (SSSR count). The summed E-state index contributed by atoms with van der Waals surface area (Å²) < 4.78 is 16.2. The molecule has 0 spiro atoms. The van der Waals surface area contributed by atoms with Gasteiger partial charge in [-0.05, 0) is 25.3 Å². The molecule has 0 unspecified atom stereocenters. The second-order valence-electron chi connectivity index (χ2n) is 4.82. The SMILES string of the molecule is CCCOc1ccc(CNC2CC2)c(OCOC)c1. The molecule has 0 aromatic heterocycles. The zero-order valence-electron chi connectivity index (χ0n) is 11.8. The Hall–Kier alpha value is -1.26. The summed E-state index contributed by atoms with van der Waals surface area (Å²) in [4.78, 5) is 0. The van der Waals surface area contributed by atoms with Gasteiger partial charge in [-0.2, -0.15) is 0 Å². The molecule has 0 amide bonds. The van der Waals surface area contributed by atoms with Crippen LogP contribution in [0, 0.1) is 0 Å². The van der Waals surface area contributed by atoms with Gasteiger partial charge in [0.2, 0.25) is 0 Å². The highest BCUT2D eigenvalue weighted by molar-refractivity contribution is 5.40. The fourth-order valence-corrected chi connectivity index (χ4v) is 1.79. The minimum atomic E-state index is 0.258. The Morgan fingerprint density at radius 1 is 1.26 bits per heavy atom. The molecule has 0 saturated heterocycles. The maximum absolute atomic E-state index is 5.63. The first-order chi connectivity index (χ1) is 9.33. The summed E-state index contributed by atoms with van der Waals surface area (Å²) in [5, 5.41) is 3.49. The highest BCUT2D eigenvalue weighted by Gasteiger charge is 2.20. The largest absolute Gasteiger partial charge is 0.493 e. The summed E-state index contributed by atoms with van der Waals surface area (Å²) >= 11 is 0. The molecule has 0 heterocycles. The molecule has 19 heavy (non-hydrogen) atoms. The zero-order chi connectivity index (χ0) is 13.5. The van der Waals surface area contributed by atoms with E-state index in [1.807, 2.05) is 12.1 Å². The molecule has 0 atom stereocenters. The van der Waals surface area contributed by atoms with Gasteiger partial charge in [0.25, 0.3) is 0 Å². The van der Waals surface area contributed by atoms with Crippen LogP contribution in [0.15, 0.2) is 18.2 Å². The van der Waals surface area contributed by atoms with Crippen LogP contribution in [-0.4, -0.2) is 26.6 Å². The van der Waals surface area contributed by atoms with Crippen LogP contribution < -0.4 is 14.8 Å². The lowest BCUT2D eigenvalue weighted by Gasteiger charge is -2.13. The lowest BCUT2D eigenvalue weighted by molar-refractivity contribution is 0.0501. The molecule has 1 N–H and O–H groups in total. The van der Waals surface area contributed by atoms with Crippen molar-refractivity contribution in [1.82, 2.24) is 5.32 Å². The Morgan fingerprint density at radius 3 is 2.79 bits per heavy atom. The van der Waals surface area contributed by atoms with Crippen LogP contribution in [0.1, 0.15) is 31.7 Å². The van der Waals surface area contributed by atoms with Crippen LogP contribution in [0.3, 0.4) is 0 Å². The molecule has 0 aliphatic heterocycles. The number of methoxy groups -OCH3 is 1. The monoisotopic (exact) mass is 265 g/mol. The van der Waals surface area contributed by atoms with Gasteiger partial charge in [0.05, 0.1) is 6.61 Å². The number of hydrogen-bond acceptors (Lipinski definition) is 4. The van der Waals surface area contributed by atoms with Crippen LogP contribution in [0.4, 0.5) is 0 Å². The van der Waals surface area contributed by atoms with Gasteiger partial charge in [0.1, 0.15) is 11.5 Å². The van der Waals surface area contributed by atoms with E-state index in [0.717, 1.165) is 36.6 Å². The highest BCUT2D eigenvalue weighted by Crippen LogP contribution is 2.27. The van der Waals surface area contributed by atoms with Crippen molar-refractivity contribution in [2.24, 2.45) is 0 Å². The van der Waals surface area contributed by atoms with Crippen molar-refractivity contribution in [2.75, 3.05) is 20.5 Å². The van der Waals surface area contributed by atoms with Gasteiger partial charge >= 0.3 is 0 Å². The molecule has 106 valence electrons. The molecule has 4 heteroatoms. The third-order valence-electron chi connectivity index (χ3n) is 3.00. The molecule has 1 fully saturated rings. The Balaban J connectivity index is 2.00. The van der Waals surface area contributed by atoms with E-state index >= 15 is 0 Å². The van der Waals surface area contributed by atoms with E-state index in [0.29, 0.717) is 6.04 Å². The van der Waals surface area contributed by atoms with Crippen LogP contribution in [-0.2, 0) is 11.3 Å². The van der Waals surface area contributed by atoms with Crippen LogP contribution in [0.2, 0.25) is 0 Å². The van der Waals surface area contributed by atoms with Crippen molar-refractivity contribution < 1.29 is 14.2 Å². The van der Waals surface area contributed by atoms with Gasteiger partial charge in [-0.15, -0.1) is 0 Å². The summed E-state index contributed by atoms with van der Waals surface area (Å²) in [5.74, 6) is 1.69. The molecule has 1 aliphatic rings. The predicted molar refractivity (Wildman–Crippen MR) is 74.6 cm³/mol. The van der Waals surface area contributed by atoms with Crippen molar-refractivity contribution in [3.8, 4) is 11.5 Å². The van der Waals surface area contributed by atoms with Crippen LogP contribution in [0.25, 0.3) is 0 Å². The third kappa shape index (κ3) is 4.73. The number of hydrogen-bond donors (Lipinski definition) is 1. The Bertz CT molecular complexity index is 391. The number of rotatable bonds is 9. The molecule has 0 bridgehead atoms. The standard InChI is InChI=1S/C15H23NO3/c1-3-8-18-14-7-4-12(10-16-13-5-6-13)15(9-14)19-11-17-2/h4,7,9,13,16H,3,5-6,8,10-11H2,1-2H3. The van der Waals surface area contributed by atoms with E-state index in [1.165, 1.54) is 12.8 Å². The smallest absolute Gasteiger partial charge is 0.188 e. The lowest BCUT2D eigenvalue weighted by Crippen LogP contribution is -2.16. The van der Waals surface area contributed by atoms with Gasteiger partial charge in [0, 0.05) is 31.3 Å². The van der Waals surface area contributed by atoms with Gasteiger partial charge in [0.15, 0.2) is 6.79 Å². The fourth-order valence-electron chi connectivity index (χ4n) is 1.79. The summed E-state index contributed by atoms with van der Waals surface area (Å²) in [6.45, 7) is 3.91.